The van der Waals surface area contributed by atoms with Crippen molar-refractivity contribution in [1.29, 1.82) is 0 Å². The van der Waals surface area contributed by atoms with Gasteiger partial charge in [0.2, 0.25) is 11.8 Å². The van der Waals surface area contributed by atoms with E-state index >= 15 is 0 Å². The highest BCUT2D eigenvalue weighted by molar-refractivity contribution is 7.15. The Morgan fingerprint density at radius 1 is 1.00 bits per heavy atom. The van der Waals surface area contributed by atoms with Gasteiger partial charge in [0.25, 0.3) is 0 Å². The first-order valence-electron chi connectivity index (χ1n) is 11.4. The van der Waals surface area contributed by atoms with Gasteiger partial charge in [-0.15, -0.1) is 11.3 Å². The third kappa shape index (κ3) is 6.27. The summed E-state index contributed by atoms with van der Waals surface area (Å²) < 4.78 is 0. The van der Waals surface area contributed by atoms with Crippen molar-refractivity contribution in [2.45, 2.75) is 33.2 Å². The summed E-state index contributed by atoms with van der Waals surface area (Å²) >= 11 is 1.65. The molecule has 0 radical (unpaired) electrons. The predicted molar refractivity (Wildman–Crippen MR) is 133 cm³/mol. The fourth-order valence-corrected chi connectivity index (χ4v) is 5.02. The van der Waals surface area contributed by atoms with Crippen molar-refractivity contribution in [3.8, 4) is 10.6 Å². The number of benzene rings is 2. The first kappa shape index (κ1) is 23.1. The molecular formula is C26H30N4O2S. The number of carbonyl (C=O) groups excluding carboxylic acids is 2. The van der Waals surface area contributed by atoms with E-state index < -0.39 is 0 Å². The molecule has 0 atom stereocenters. The number of hydrogen-bond acceptors (Lipinski definition) is 5. The van der Waals surface area contributed by atoms with E-state index in [4.69, 9.17) is 4.98 Å². The summed E-state index contributed by atoms with van der Waals surface area (Å²) in [5.41, 5.74) is 4.01. The fourth-order valence-electron chi connectivity index (χ4n) is 4.08. The number of nitrogens with one attached hydrogen (secondary N) is 1. The lowest BCUT2D eigenvalue weighted by molar-refractivity contribution is -0.130. The first-order chi connectivity index (χ1) is 16.0. The van der Waals surface area contributed by atoms with Crippen molar-refractivity contribution in [3.63, 3.8) is 0 Å². The minimum absolute atomic E-state index is 0.0656. The highest BCUT2D eigenvalue weighted by Crippen LogP contribution is 2.28. The minimum Gasteiger partial charge on any atom is -0.341 e. The average molecular weight is 463 g/mol. The van der Waals surface area contributed by atoms with Crippen molar-refractivity contribution >= 4 is 28.8 Å². The van der Waals surface area contributed by atoms with Gasteiger partial charge in [-0.3, -0.25) is 14.5 Å². The molecule has 2 aromatic carbocycles. The highest BCUT2D eigenvalue weighted by Gasteiger charge is 2.21. The summed E-state index contributed by atoms with van der Waals surface area (Å²) in [6.45, 7) is 7.73. The zero-order chi connectivity index (χ0) is 23.2. The molecule has 1 fully saturated rings. The Bertz CT molecular complexity index is 1100. The number of rotatable bonds is 6. The zero-order valence-electron chi connectivity index (χ0n) is 19.2. The average Bonchev–Trinajstić information content (AvgIpc) is 3.01. The first-order valence-corrected chi connectivity index (χ1v) is 12.2. The van der Waals surface area contributed by atoms with Crippen LogP contribution in [0, 0.1) is 6.92 Å². The number of anilines is 1. The van der Waals surface area contributed by atoms with Gasteiger partial charge in [0.05, 0.1) is 12.1 Å². The molecule has 1 aliphatic heterocycles. The van der Waals surface area contributed by atoms with E-state index in [1.54, 1.807) is 11.3 Å². The van der Waals surface area contributed by atoms with Gasteiger partial charge in [-0.25, -0.2) is 4.98 Å². The molecule has 0 aliphatic carbocycles. The van der Waals surface area contributed by atoms with Gasteiger partial charge in [-0.05, 0) is 31.0 Å². The molecular weight excluding hydrogens is 432 g/mol. The molecule has 172 valence electrons. The number of hydrogen-bond donors (Lipinski definition) is 1. The summed E-state index contributed by atoms with van der Waals surface area (Å²) in [7, 11) is 0. The summed E-state index contributed by atoms with van der Waals surface area (Å²) in [6.07, 6.45) is 1.32. The molecule has 7 heteroatoms. The smallest absolute Gasteiger partial charge is 0.228 e. The predicted octanol–water partition coefficient (Wildman–Crippen LogP) is 4.35. The van der Waals surface area contributed by atoms with Crippen LogP contribution in [0.1, 0.15) is 29.5 Å². The van der Waals surface area contributed by atoms with E-state index in [0.29, 0.717) is 6.42 Å². The number of carbonyl (C=O) groups is 2. The molecule has 1 saturated heterocycles. The minimum atomic E-state index is -0.0656. The van der Waals surface area contributed by atoms with Gasteiger partial charge in [-0.2, -0.15) is 0 Å². The molecule has 1 aliphatic rings. The largest absolute Gasteiger partial charge is 0.341 e. The Morgan fingerprint density at radius 2 is 1.76 bits per heavy atom. The second-order valence-corrected chi connectivity index (χ2v) is 9.66. The molecule has 2 amide bonds. The third-order valence-electron chi connectivity index (χ3n) is 5.85. The lowest BCUT2D eigenvalue weighted by Crippen LogP contribution is -2.36. The number of aryl methyl sites for hydroxylation is 1. The van der Waals surface area contributed by atoms with Crippen LogP contribution in [-0.4, -0.2) is 52.8 Å². The van der Waals surface area contributed by atoms with Crippen LogP contribution in [0.25, 0.3) is 10.6 Å². The number of nitrogens with zero attached hydrogens (tertiary/aromatic N) is 3. The molecule has 4 rings (SSSR count). The molecule has 0 unspecified atom stereocenters. The van der Waals surface area contributed by atoms with E-state index in [9.17, 15) is 9.59 Å². The van der Waals surface area contributed by atoms with Gasteiger partial charge in [0.15, 0.2) is 0 Å². The zero-order valence-corrected chi connectivity index (χ0v) is 20.0. The molecule has 1 N–H and O–H groups in total. The van der Waals surface area contributed by atoms with E-state index in [1.807, 2.05) is 42.2 Å². The van der Waals surface area contributed by atoms with Gasteiger partial charge in [0, 0.05) is 55.8 Å². The van der Waals surface area contributed by atoms with Crippen LogP contribution in [0.4, 0.5) is 5.69 Å². The Balaban J connectivity index is 1.32. The van der Waals surface area contributed by atoms with Crippen molar-refractivity contribution in [3.05, 3.63) is 70.7 Å². The second-order valence-electron chi connectivity index (χ2n) is 8.45. The monoisotopic (exact) mass is 462 g/mol. The van der Waals surface area contributed by atoms with Crippen LogP contribution in [0.5, 0.6) is 0 Å². The molecule has 3 aromatic rings. The van der Waals surface area contributed by atoms with Crippen LogP contribution in [0.15, 0.2) is 54.6 Å². The summed E-state index contributed by atoms with van der Waals surface area (Å²) in [6, 6.07) is 18.1. The number of amides is 2. The molecule has 0 spiro atoms. The Labute approximate surface area is 199 Å². The highest BCUT2D eigenvalue weighted by atomic mass is 32.1. The van der Waals surface area contributed by atoms with Crippen molar-refractivity contribution in [2.24, 2.45) is 0 Å². The lowest BCUT2D eigenvalue weighted by atomic mass is 10.2. The van der Waals surface area contributed by atoms with Gasteiger partial charge in [-0.1, -0.05) is 42.5 Å². The summed E-state index contributed by atoms with van der Waals surface area (Å²) in [5.74, 6) is 0.0914. The second kappa shape index (κ2) is 10.7. The van der Waals surface area contributed by atoms with Gasteiger partial charge in [0.1, 0.15) is 5.01 Å². The van der Waals surface area contributed by atoms with Crippen molar-refractivity contribution < 1.29 is 9.59 Å². The number of aromatic nitrogens is 1. The van der Waals surface area contributed by atoms with E-state index in [2.05, 4.69) is 34.5 Å². The maximum Gasteiger partial charge on any atom is 0.228 e. The van der Waals surface area contributed by atoms with Crippen LogP contribution in [0.3, 0.4) is 0 Å². The summed E-state index contributed by atoms with van der Waals surface area (Å²) in [4.78, 5) is 34.5. The molecule has 0 saturated carbocycles. The van der Waals surface area contributed by atoms with Gasteiger partial charge < -0.3 is 10.2 Å². The van der Waals surface area contributed by atoms with E-state index in [0.717, 1.165) is 66.0 Å². The standard InChI is InChI=1S/C26H30N4O2S/c1-19-24(28-26(33-19)22-7-4-3-5-8-22)17-25(32)30-14-6-13-29(15-16-30)18-21-9-11-23(12-10-21)27-20(2)31/h3-5,7-12H,6,13-18H2,1-2H3,(H,27,31). The Kier molecular flexibility index (Phi) is 7.52. The molecule has 33 heavy (non-hydrogen) atoms. The maximum absolute atomic E-state index is 13.0. The fraction of sp³-hybridized carbons (Fsp3) is 0.346. The quantitative estimate of drug-likeness (QED) is 0.591. The van der Waals surface area contributed by atoms with Crippen LogP contribution in [0.2, 0.25) is 0 Å². The lowest BCUT2D eigenvalue weighted by Gasteiger charge is -2.22. The topological polar surface area (TPSA) is 65.5 Å². The van der Waals surface area contributed by atoms with Crippen LogP contribution >= 0.6 is 11.3 Å². The van der Waals surface area contributed by atoms with Crippen molar-refractivity contribution in [1.82, 2.24) is 14.8 Å². The maximum atomic E-state index is 13.0. The third-order valence-corrected chi connectivity index (χ3v) is 6.92. The molecule has 6 nitrogen and oxygen atoms in total. The molecule has 1 aromatic heterocycles. The summed E-state index contributed by atoms with van der Waals surface area (Å²) in [5, 5.41) is 3.77. The Hall–Kier alpha value is -3.03. The Morgan fingerprint density at radius 3 is 2.48 bits per heavy atom. The normalized spacial score (nSPS) is 14.7. The number of thiazole rings is 1. The van der Waals surface area contributed by atoms with Crippen LogP contribution in [-0.2, 0) is 22.6 Å². The SMILES string of the molecule is CC(=O)Nc1ccc(CN2CCCN(C(=O)Cc3nc(-c4ccccc4)sc3C)CC2)cc1. The van der Waals surface area contributed by atoms with Crippen molar-refractivity contribution in [2.75, 3.05) is 31.5 Å². The molecule has 2 heterocycles. The van der Waals surface area contributed by atoms with Gasteiger partial charge >= 0.3 is 0 Å². The van der Waals surface area contributed by atoms with Crippen LogP contribution < -0.4 is 5.32 Å². The molecule has 0 bridgehead atoms. The van der Waals surface area contributed by atoms with E-state index in [1.165, 1.54) is 12.5 Å². The van der Waals surface area contributed by atoms with E-state index in [-0.39, 0.29) is 11.8 Å².